The molecule has 0 saturated carbocycles. The Balaban J connectivity index is 2.03. The quantitative estimate of drug-likeness (QED) is 0.729. The molecule has 1 fully saturated rings. The molecule has 2 N–H and O–H groups in total. The number of benzene rings is 1. The number of amides is 4. The second kappa shape index (κ2) is 7.87. The van der Waals surface area contributed by atoms with Crippen molar-refractivity contribution in [3.63, 3.8) is 0 Å². The van der Waals surface area contributed by atoms with Crippen LogP contribution >= 0.6 is 0 Å². The van der Waals surface area contributed by atoms with Crippen LogP contribution in [0.4, 0.5) is 10.5 Å². The lowest BCUT2D eigenvalue weighted by atomic mass is 10.0. The second-order valence-corrected chi connectivity index (χ2v) is 6.21. The van der Waals surface area contributed by atoms with Crippen LogP contribution in [-0.4, -0.2) is 49.6 Å². The average Bonchev–Trinajstić information content (AvgIpc) is 2.81. The summed E-state index contributed by atoms with van der Waals surface area (Å²) in [7, 11) is 3.00. The number of carbonyl (C=O) groups is 3. The number of anilines is 1. The summed E-state index contributed by atoms with van der Waals surface area (Å²) < 4.78 is 10.3. The molecule has 1 saturated heterocycles. The molecule has 2 rings (SSSR count). The third kappa shape index (κ3) is 4.62. The van der Waals surface area contributed by atoms with Crippen molar-refractivity contribution in [2.45, 2.75) is 26.3 Å². The van der Waals surface area contributed by atoms with Crippen molar-refractivity contribution in [1.82, 2.24) is 10.2 Å². The largest absolute Gasteiger partial charge is 0.497 e. The minimum absolute atomic E-state index is 0.257. The van der Waals surface area contributed by atoms with E-state index in [1.54, 1.807) is 18.2 Å². The second-order valence-electron chi connectivity index (χ2n) is 6.21. The van der Waals surface area contributed by atoms with Gasteiger partial charge in [0, 0.05) is 23.9 Å². The molecule has 136 valence electrons. The van der Waals surface area contributed by atoms with Gasteiger partial charge in [-0.2, -0.15) is 0 Å². The van der Waals surface area contributed by atoms with Gasteiger partial charge in [-0.15, -0.1) is 0 Å². The topological polar surface area (TPSA) is 97.0 Å². The molecule has 25 heavy (non-hydrogen) atoms. The highest BCUT2D eigenvalue weighted by Crippen LogP contribution is 2.25. The normalized spacial score (nSPS) is 16.8. The van der Waals surface area contributed by atoms with Gasteiger partial charge in [-0.3, -0.25) is 14.5 Å². The zero-order chi connectivity index (χ0) is 18.6. The average molecular weight is 349 g/mol. The Kier molecular flexibility index (Phi) is 5.84. The summed E-state index contributed by atoms with van der Waals surface area (Å²) in [6.45, 7) is 3.58. The molecule has 0 aromatic heterocycles. The van der Waals surface area contributed by atoms with Crippen LogP contribution in [0, 0.1) is 5.92 Å². The first-order valence-electron chi connectivity index (χ1n) is 7.98. The van der Waals surface area contributed by atoms with Crippen molar-refractivity contribution < 1.29 is 23.9 Å². The maximum atomic E-state index is 12.3. The number of urea groups is 1. The van der Waals surface area contributed by atoms with E-state index in [9.17, 15) is 14.4 Å². The van der Waals surface area contributed by atoms with E-state index in [0.29, 0.717) is 23.6 Å². The minimum atomic E-state index is -0.572. The van der Waals surface area contributed by atoms with Gasteiger partial charge in [0.1, 0.15) is 24.1 Å². The van der Waals surface area contributed by atoms with E-state index in [0.717, 1.165) is 4.90 Å². The van der Waals surface area contributed by atoms with Crippen LogP contribution in [0.2, 0.25) is 0 Å². The zero-order valence-corrected chi connectivity index (χ0v) is 14.8. The first-order valence-corrected chi connectivity index (χ1v) is 7.98. The summed E-state index contributed by atoms with van der Waals surface area (Å²) in [5.41, 5.74) is 0.451. The van der Waals surface area contributed by atoms with Gasteiger partial charge in [0.15, 0.2) is 0 Å². The fourth-order valence-corrected chi connectivity index (χ4v) is 2.58. The Morgan fingerprint density at radius 1 is 1.20 bits per heavy atom. The van der Waals surface area contributed by atoms with Gasteiger partial charge in [0.05, 0.1) is 14.2 Å². The van der Waals surface area contributed by atoms with Gasteiger partial charge in [0.25, 0.3) is 5.91 Å². The van der Waals surface area contributed by atoms with Crippen molar-refractivity contribution in [3.05, 3.63) is 18.2 Å². The molecule has 8 heteroatoms. The number of methoxy groups -OCH3 is 2. The highest BCUT2D eigenvalue weighted by Gasteiger charge is 2.38. The molecule has 0 radical (unpaired) electrons. The number of carbonyl (C=O) groups excluding carboxylic acids is 3. The molecular weight excluding hydrogens is 326 g/mol. The smallest absolute Gasteiger partial charge is 0.325 e. The standard InChI is InChI=1S/C17H23N3O5/c1-10(2)5-14-16(22)20(17(23)19-14)9-15(21)18-11-6-12(24-3)8-13(7-11)25-4/h6-8,10,14H,5,9H2,1-4H3,(H,18,21)(H,19,23)/t14-/m1/s1. The summed E-state index contributed by atoms with van der Waals surface area (Å²) in [6.07, 6.45) is 0.537. The monoisotopic (exact) mass is 349 g/mol. The van der Waals surface area contributed by atoms with Crippen LogP contribution in [-0.2, 0) is 9.59 Å². The van der Waals surface area contributed by atoms with E-state index in [2.05, 4.69) is 10.6 Å². The third-order valence-corrected chi connectivity index (χ3v) is 3.75. The Morgan fingerprint density at radius 2 is 1.80 bits per heavy atom. The fourth-order valence-electron chi connectivity index (χ4n) is 2.58. The fraction of sp³-hybridized carbons (Fsp3) is 0.471. The molecule has 0 bridgehead atoms. The van der Waals surface area contributed by atoms with E-state index in [1.165, 1.54) is 14.2 Å². The number of imide groups is 1. The minimum Gasteiger partial charge on any atom is -0.497 e. The van der Waals surface area contributed by atoms with Gasteiger partial charge < -0.3 is 20.1 Å². The van der Waals surface area contributed by atoms with Gasteiger partial charge >= 0.3 is 6.03 Å². The van der Waals surface area contributed by atoms with Crippen molar-refractivity contribution in [3.8, 4) is 11.5 Å². The van der Waals surface area contributed by atoms with Crippen LogP contribution in [0.15, 0.2) is 18.2 Å². The van der Waals surface area contributed by atoms with Crippen LogP contribution in [0.5, 0.6) is 11.5 Å². The summed E-state index contributed by atoms with van der Waals surface area (Å²) in [4.78, 5) is 37.4. The molecule has 1 aromatic rings. The lowest BCUT2D eigenvalue weighted by Gasteiger charge is -2.14. The van der Waals surface area contributed by atoms with E-state index in [-0.39, 0.29) is 18.4 Å². The van der Waals surface area contributed by atoms with E-state index in [1.807, 2.05) is 13.8 Å². The number of nitrogens with zero attached hydrogens (tertiary/aromatic N) is 1. The number of hydrogen-bond acceptors (Lipinski definition) is 5. The van der Waals surface area contributed by atoms with Crippen LogP contribution in [0.25, 0.3) is 0 Å². The predicted molar refractivity (Wildman–Crippen MR) is 91.7 cm³/mol. The summed E-state index contributed by atoms with van der Waals surface area (Å²) >= 11 is 0. The molecule has 8 nitrogen and oxygen atoms in total. The summed E-state index contributed by atoms with van der Waals surface area (Å²) in [5.74, 6) is 0.427. The number of rotatable bonds is 7. The molecule has 1 aliphatic rings. The molecule has 4 amide bonds. The zero-order valence-electron chi connectivity index (χ0n) is 14.8. The number of ether oxygens (including phenoxy) is 2. The third-order valence-electron chi connectivity index (χ3n) is 3.75. The highest BCUT2D eigenvalue weighted by atomic mass is 16.5. The first-order chi connectivity index (χ1) is 11.8. The Labute approximate surface area is 146 Å². The van der Waals surface area contributed by atoms with Crippen molar-refractivity contribution in [1.29, 1.82) is 0 Å². The van der Waals surface area contributed by atoms with Crippen LogP contribution < -0.4 is 20.1 Å². The van der Waals surface area contributed by atoms with Crippen molar-refractivity contribution >= 4 is 23.5 Å². The van der Waals surface area contributed by atoms with Gasteiger partial charge in [-0.25, -0.2) is 4.79 Å². The molecule has 0 aliphatic carbocycles. The van der Waals surface area contributed by atoms with Crippen LogP contribution in [0.3, 0.4) is 0 Å². The Morgan fingerprint density at radius 3 is 2.32 bits per heavy atom. The van der Waals surface area contributed by atoms with Crippen molar-refractivity contribution in [2.24, 2.45) is 5.92 Å². The maximum absolute atomic E-state index is 12.3. The summed E-state index contributed by atoms with van der Waals surface area (Å²) in [5, 5.41) is 5.25. The van der Waals surface area contributed by atoms with E-state index < -0.39 is 18.0 Å². The predicted octanol–water partition coefficient (Wildman–Crippen LogP) is 1.61. The van der Waals surface area contributed by atoms with E-state index in [4.69, 9.17) is 9.47 Å². The Hall–Kier alpha value is -2.77. The van der Waals surface area contributed by atoms with Gasteiger partial charge in [0.2, 0.25) is 5.91 Å². The summed E-state index contributed by atoms with van der Waals surface area (Å²) in [6, 6.07) is 3.79. The first kappa shape index (κ1) is 18.6. The number of hydrogen-bond donors (Lipinski definition) is 2. The highest BCUT2D eigenvalue weighted by molar-refractivity contribution is 6.07. The maximum Gasteiger partial charge on any atom is 0.325 e. The van der Waals surface area contributed by atoms with Gasteiger partial charge in [-0.05, 0) is 12.3 Å². The van der Waals surface area contributed by atoms with Crippen LogP contribution in [0.1, 0.15) is 20.3 Å². The molecule has 0 unspecified atom stereocenters. The Bertz CT molecular complexity index is 652. The molecule has 1 atom stereocenters. The molecule has 0 spiro atoms. The van der Waals surface area contributed by atoms with Gasteiger partial charge in [-0.1, -0.05) is 13.8 Å². The molecule has 1 aromatic carbocycles. The number of nitrogens with one attached hydrogen (secondary N) is 2. The lowest BCUT2D eigenvalue weighted by Crippen LogP contribution is -2.38. The molecular formula is C17H23N3O5. The molecule has 1 aliphatic heterocycles. The lowest BCUT2D eigenvalue weighted by molar-refractivity contribution is -0.131. The van der Waals surface area contributed by atoms with Crippen molar-refractivity contribution in [2.75, 3.05) is 26.1 Å². The SMILES string of the molecule is COc1cc(NC(=O)CN2C(=O)N[C@H](CC(C)C)C2=O)cc(OC)c1. The van der Waals surface area contributed by atoms with E-state index >= 15 is 0 Å². The molecule has 1 heterocycles.